The van der Waals surface area contributed by atoms with Crippen LogP contribution in [0.4, 0.5) is 25.8 Å². The summed E-state index contributed by atoms with van der Waals surface area (Å²) in [6.45, 7) is 13.6. The topological polar surface area (TPSA) is 398 Å². The number of carboxylic acids is 1. The second-order valence-corrected chi connectivity index (χ2v) is 34.0. The number of halogens is 3. The lowest BCUT2D eigenvalue weighted by Gasteiger charge is -2.45. The Kier molecular flexibility index (Phi) is 25.4. The zero-order chi connectivity index (χ0) is 81.3. The zero-order valence-corrected chi connectivity index (χ0v) is 70.1. The van der Waals surface area contributed by atoms with E-state index in [4.69, 9.17) is 38.3 Å². The fraction of sp³-hybridized carbons (Fsp3) is 0.526. The van der Waals surface area contributed by atoms with Gasteiger partial charge in [-0.2, -0.15) is 18.6 Å². The molecular weight excluding hydrogens is 1680 g/mol. The number of benzene rings is 5. The highest BCUT2D eigenvalue weighted by Gasteiger charge is 2.63. The number of amides is 6. The number of hydrogen-bond acceptors (Lipinski definition) is 22. The van der Waals surface area contributed by atoms with Crippen molar-refractivity contribution in [2.45, 2.75) is 177 Å². The fourth-order valence-corrected chi connectivity index (χ4v) is 21.2. The summed E-state index contributed by atoms with van der Waals surface area (Å²) in [5.41, 5.74) is 10.6. The number of nitro benzene ring substituents is 1. The Morgan fingerprint density at radius 1 is 0.558 bits per heavy atom. The maximum absolute atomic E-state index is 13.1. The number of aliphatic hydroxyl groups is 3. The van der Waals surface area contributed by atoms with Crippen LogP contribution in [0.2, 0.25) is 0 Å². The molecule has 610 valence electrons. The highest BCUT2D eigenvalue weighted by atomic mass is 79.9. The number of nitro groups is 1. The van der Waals surface area contributed by atoms with Crippen molar-refractivity contribution >= 4 is 110 Å². The number of aliphatic imine (C=N–C) groups is 1. The first-order valence-corrected chi connectivity index (χ1v) is 41.6. The summed E-state index contributed by atoms with van der Waals surface area (Å²) in [7, 11) is 2.39. The Hall–Kier alpha value is -8.74. The monoisotopic (exact) mass is 1770 g/mol. The Balaban J connectivity index is 0.000000158. The van der Waals surface area contributed by atoms with E-state index in [0.29, 0.717) is 141 Å². The third-order valence-corrected chi connectivity index (χ3v) is 27.4. The van der Waals surface area contributed by atoms with E-state index in [1.54, 1.807) is 60.3 Å². The number of hydrazone groups is 2. The summed E-state index contributed by atoms with van der Waals surface area (Å²) < 4.78 is 69.9. The number of carbonyl (C=O) groups excluding carboxylic acids is 3. The molecule has 9 aliphatic rings. The predicted octanol–water partition coefficient (Wildman–Crippen LogP) is 10.8. The van der Waals surface area contributed by atoms with E-state index in [9.17, 15) is 53.0 Å². The molecular formula is C78H97Br3N12O19S. The Morgan fingerprint density at radius 3 is 1.26 bits per heavy atom. The van der Waals surface area contributed by atoms with E-state index in [1.807, 2.05) is 39.0 Å². The van der Waals surface area contributed by atoms with Crippen LogP contribution in [0, 0.1) is 27.9 Å². The molecule has 3 aliphatic carbocycles. The molecule has 35 heteroatoms. The fourth-order valence-electron chi connectivity index (χ4n) is 18.7. The van der Waals surface area contributed by atoms with Crippen LogP contribution in [0.5, 0.6) is 40.2 Å². The van der Waals surface area contributed by atoms with Crippen LogP contribution in [0.3, 0.4) is 0 Å². The second kappa shape index (κ2) is 34.4. The smallest absolute Gasteiger partial charge is 0.325 e. The number of anilines is 1. The van der Waals surface area contributed by atoms with Gasteiger partial charge in [-0.05, 0) is 196 Å². The molecule has 3 saturated carbocycles. The van der Waals surface area contributed by atoms with E-state index in [0.717, 1.165) is 59.5 Å². The van der Waals surface area contributed by atoms with Crippen LogP contribution in [0.1, 0.15) is 133 Å². The largest absolute Gasteiger partial charge is 0.497 e. The molecule has 113 heavy (non-hydrogen) atoms. The van der Waals surface area contributed by atoms with Crippen LogP contribution in [0.15, 0.2) is 100 Å². The van der Waals surface area contributed by atoms with Crippen molar-refractivity contribution < 1.29 is 86.1 Å². The molecule has 0 unspecified atom stereocenters. The first-order valence-electron chi connectivity index (χ1n) is 37.7. The van der Waals surface area contributed by atoms with Crippen LogP contribution >= 0.6 is 47.8 Å². The van der Waals surface area contributed by atoms with Crippen molar-refractivity contribution in [2.75, 3.05) is 79.9 Å². The number of carboxylic acid groups (broad SMARTS) is 1. The van der Waals surface area contributed by atoms with Gasteiger partial charge in [0.05, 0.1) is 81.9 Å². The Labute approximate surface area is 680 Å². The third-order valence-electron chi connectivity index (χ3n) is 23.9. The number of rotatable bonds is 18. The molecule has 12 atom stereocenters. The van der Waals surface area contributed by atoms with Gasteiger partial charge < -0.3 is 84.2 Å². The molecule has 6 amide bonds. The molecule has 9 N–H and O–H groups in total. The van der Waals surface area contributed by atoms with Gasteiger partial charge in [-0.1, -0.05) is 20.8 Å². The van der Waals surface area contributed by atoms with Gasteiger partial charge in [0, 0.05) is 121 Å². The number of non-ortho nitro benzene ring substituents is 1. The average molecular weight is 1780 g/mol. The first kappa shape index (κ1) is 83.7. The van der Waals surface area contributed by atoms with Gasteiger partial charge in [-0.3, -0.25) is 25.3 Å². The zero-order valence-electron chi connectivity index (χ0n) is 64.6. The third kappa shape index (κ3) is 15.5. The lowest BCUT2D eigenvalue weighted by atomic mass is 9.59. The van der Waals surface area contributed by atoms with Gasteiger partial charge in [0.15, 0.2) is 0 Å². The van der Waals surface area contributed by atoms with Gasteiger partial charge >= 0.3 is 24.1 Å². The summed E-state index contributed by atoms with van der Waals surface area (Å²) >= 11 is 11.0. The number of sulfonamides is 1. The molecule has 5 aromatic rings. The number of ether oxygens (including phenoxy) is 7. The SMILES string of the molecule is CCNC(=O)N1Cc2cc(OC)c(Br)c3c2[C@@]2(C[C@H]1CO)[C@H](C)CC(=NCC(=O)O)C[C@H]2O3.CCNC(=O)N1Cc2cc(OC)c(Br)c3c2[C@@]2(C[C@H]1CO)[C@H](C)CC(=NNS(=O)(=O)c1ccc(OC)cc1)C[C@H]2O3.CCNC(=O)N1Cc2cc(OC)c(Br)c3c2[C@@]2(C[C@H]1CO)[C@H](C)CC(=NNc1ccc([N+](=O)[O-])cc1)C[C@H]2O3. The quantitative estimate of drug-likeness (QED) is 0.0291. The molecule has 3 spiro atoms. The second-order valence-electron chi connectivity index (χ2n) is 30.0. The molecule has 6 heterocycles. The van der Waals surface area contributed by atoms with Gasteiger partial charge in [-0.15, -0.1) is 0 Å². The first-order chi connectivity index (χ1) is 54.1. The number of carbonyl (C=O) groups is 4. The minimum Gasteiger partial charge on any atom is -0.497 e. The summed E-state index contributed by atoms with van der Waals surface area (Å²) in [4.78, 5) is 72.7. The minimum absolute atomic E-state index is 0.0174. The summed E-state index contributed by atoms with van der Waals surface area (Å²) in [6.07, 6.45) is 3.87. The van der Waals surface area contributed by atoms with Crippen molar-refractivity contribution in [3.05, 3.63) is 124 Å². The number of urea groups is 3. The maximum atomic E-state index is 13.1. The highest BCUT2D eigenvalue weighted by molar-refractivity contribution is 9.11. The van der Waals surface area contributed by atoms with E-state index in [-0.39, 0.29) is 91.5 Å². The van der Waals surface area contributed by atoms with Crippen LogP contribution in [-0.2, 0) is 50.7 Å². The number of aliphatic carboxylic acids is 1. The normalized spacial score (nSPS) is 27.0. The summed E-state index contributed by atoms with van der Waals surface area (Å²) in [5.74, 6) is 3.59. The lowest BCUT2D eigenvalue weighted by Crippen LogP contribution is -2.54. The van der Waals surface area contributed by atoms with Gasteiger partial charge in [0.25, 0.3) is 15.7 Å². The standard InChI is InChI=1S/C28H35BrN4O7S.C27H32BrN5O6.C23H30BrN3O6/c1-5-30-27(35)33-14-17-11-22(39-4)25(29)26-24(17)28(13-19(33)15-34)16(2)10-18(12-23(28)40-26)31-32-41(36,37)21-8-6-20(38-3)7-9-21;1-4-29-26(35)32-13-16-10-21(38-3)24(28)25-23(16)27(12-20(32)14-34)15(2)9-18(11-22(27)39-25)31-30-17-5-7-19(8-6-17)33(36)37;1-4-25-22(31)27-10-13-6-16(32-3)20(24)21-19(13)23(8-15(27)11-28)12(2)5-14(7-17(23)33-21)26-9-18(29)30/h6-9,11,16,19,23,32,34H,5,10,12-15H2,1-4H3,(H,30,35);5-8,10,15,20,22,30,34H,4,9,11-14H2,1-3H3,(H,29,35);6,12,15,17,28H,4-5,7-11H2,1-3H3,(H,25,31)(H,29,30)/t16-,19+,23-,28+;15-,20+,22-,27+;12-,15+,17-,23+/m111/s1. The van der Waals surface area contributed by atoms with E-state index >= 15 is 0 Å². The van der Waals surface area contributed by atoms with E-state index < -0.39 is 61.4 Å². The van der Waals surface area contributed by atoms with E-state index in [2.05, 4.69) is 110 Å². The Bertz CT molecular complexity index is 4700. The summed E-state index contributed by atoms with van der Waals surface area (Å²) in [5, 5.41) is 69.0. The molecule has 0 radical (unpaired) electrons. The maximum Gasteiger partial charge on any atom is 0.325 e. The van der Waals surface area contributed by atoms with Gasteiger partial charge in [0.1, 0.15) is 78.5 Å². The van der Waals surface area contributed by atoms with Gasteiger partial charge in [0.2, 0.25) is 0 Å². The molecule has 0 saturated heterocycles. The van der Waals surface area contributed by atoms with Gasteiger partial charge in [-0.25, -0.2) is 19.2 Å². The molecule has 6 aliphatic heterocycles. The number of hydrogen-bond donors (Lipinski definition) is 9. The van der Waals surface area contributed by atoms with E-state index in [1.165, 1.54) is 31.4 Å². The molecule has 14 rings (SSSR count). The molecule has 3 fully saturated rings. The number of nitrogens with zero attached hydrogens (tertiary/aromatic N) is 7. The molecule has 0 bridgehead atoms. The van der Waals surface area contributed by atoms with Crippen LogP contribution in [0.25, 0.3) is 0 Å². The van der Waals surface area contributed by atoms with Crippen molar-refractivity contribution in [3.63, 3.8) is 0 Å². The average Bonchev–Trinajstić information content (AvgIpc) is 1.56. The van der Waals surface area contributed by atoms with Crippen molar-refractivity contribution in [2.24, 2.45) is 32.9 Å². The minimum atomic E-state index is -3.89. The molecule has 5 aromatic carbocycles. The van der Waals surface area contributed by atoms with Crippen molar-refractivity contribution in [1.29, 1.82) is 0 Å². The van der Waals surface area contributed by atoms with Crippen LogP contribution < -0.4 is 59.4 Å². The van der Waals surface area contributed by atoms with Crippen molar-refractivity contribution in [1.82, 2.24) is 35.5 Å². The summed E-state index contributed by atoms with van der Waals surface area (Å²) in [6, 6.07) is 16.1. The molecule has 0 aromatic heterocycles. The van der Waals surface area contributed by atoms with Crippen molar-refractivity contribution in [3.8, 4) is 40.2 Å². The van der Waals surface area contributed by atoms with Crippen LogP contribution in [-0.4, -0.2) is 201 Å². The highest BCUT2D eigenvalue weighted by Crippen LogP contribution is 2.65. The number of nitrogens with one attached hydrogen (secondary N) is 5. The predicted molar refractivity (Wildman–Crippen MR) is 431 cm³/mol. The number of aliphatic hydroxyl groups excluding tert-OH is 3. The number of methoxy groups -OCH3 is 4. The Morgan fingerprint density at radius 2 is 0.920 bits per heavy atom. The lowest BCUT2D eigenvalue weighted by molar-refractivity contribution is -0.384. The molecule has 31 nitrogen and oxygen atoms in total.